The first-order chi connectivity index (χ1) is 10.2. The Morgan fingerprint density at radius 1 is 1.41 bits per heavy atom. The van der Waals surface area contributed by atoms with Crippen molar-refractivity contribution >= 4 is 21.7 Å². The molecule has 122 valence electrons. The molecule has 1 N–H and O–H groups in total. The van der Waals surface area contributed by atoms with Gasteiger partial charge in [0.05, 0.1) is 12.3 Å². The molecule has 1 aliphatic rings. The minimum atomic E-state index is -3.39. The highest BCUT2D eigenvalue weighted by molar-refractivity contribution is 7.92. The number of carboxylic acids is 1. The van der Waals surface area contributed by atoms with E-state index in [2.05, 4.69) is 0 Å². The van der Waals surface area contributed by atoms with Crippen LogP contribution in [0.15, 0.2) is 10.5 Å². The zero-order valence-corrected chi connectivity index (χ0v) is 13.4. The molecule has 8 heteroatoms. The van der Waals surface area contributed by atoms with Crippen LogP contribution in [-0.2, 0) is 21.2 Å². The van der Waals surface area contributed by atoms with Crippen molar-refractivity contribution in [3.8, 4) is 0 Å². The first-order valence-electron chi connectivity index (χ1n) is 7.01. The second kappa shape index (κ2) is 6.12. The number of aromatic carboxylic acids is 1. The Balaban J connectivity index is 2.11. The van der Waals surface area contributed by atoms with Crippen molar-refractivity contribution in [2.24, 2.45) is 0 Å². The number of hydrogen-bond acceptors (Lipinski definition) is 5. The van der Waals surface area contributed by atoms with Crippen LogP contribution in [0.3, 0.4) is 0 Å². The van der Waals surface area contributed by atoms with Crippen LogP contribution in [0.5, 0.6) is 0 Å². The molecule has 1 aliphatic heterocycles. The molecule has 1 aromatic rings. The first kappa shape index (κ1) is 16.5. The smallest absolute Gasteiger partial charge is 0.339 e. The van der Waals surface area contributed by atoms with Crippen molar-refractivity contribution in [1.82, 2.24) is 4.90 Å². The van der Waals surface area contributed by atoms with Gasteiger partial charge < -0.3 is 14.4 Å². The summed E-state index contributed by atoms with van der Waals surface area (Å²) >= 11 is 0. The van der Waals surface area contributed by atoms with E-state index in [1.165, 1.54) is 24.9 Å². The van der Waals surface area contributed by atoms with Gasteiger partial charge in [-0.3, -0.25) is 4.79 Å². The highest BCUT2D eigenvalue weighted by atomic mass is 32.2. The van der Waals surface area contributed by atoms with Crippen molar-refractivity contribution in [1.29, 1.82) is 0 Å². The number of furan rings is 1. The monoisotopic (exact) mass is 329 g/mol. The predicted octanol–water partition coefficient (Wildman–Crippen LogP) is 1.21. The number of carbonyl (C=O) groups is 2. The molecule has 0 aromatic carbocycles. The molecule has 1 atom stereocenters. The lowest BCUT2D eigenvalue weighted by Crippen LogP contribution is -2.43. The molecule has 22 heavy (non-hydrogen) atoms. The first-order valence-corrected chi connectivity index (χ1v) is 8.73. The summed E-state index contributed by atoms with van der Waals surface area (Å²) in [6.07, 6.45) is 1.64. The zero-order valence-electron chi connectivity index (χ0n) is 12.5. The predicted molar refractivity (Wildman–Crippen MR) is 78.3 cm³/mol. The Kier molecular flexibility index (Phi) is 4.60. The Hall–Kier alpha value is -1.83. The van der Waals surface area contributed by atoms with Crippen molar-refractivity contribution in [3.63, 3.8) is 0 Å². The van der Waals surface area contributed by atoms with E-state index in [0.29, 0.717) is 25.0 Å². The molecule has 7 nitrogen and oxygen atoms in total. The number of rotatable bonds is 4. The van der Waals surface area contributed by atoms with Gasteiger partial charge in [-0.05, 0) is 25.8 Å². The van der Waals surface area contributed by atoms with Gasteiger partial charge in [0.1, 0.15) is 22.3 Å². The van der Waals surface area contributed by atoms with Gasteiger partial charge in [0.2, 0.25) is 5.91 Å². The molecule has 0 saturated carbocycles. The molecule has 1 fully saturated rings. The SMILES string of the molecule is Cc1oc(CN(C)C(=O)C2CCCCS2(=O)=O)cc1C(=O)O. The van der Waals surface area contributed by atoms with E-state index >= 15 is 0 Å². The Labute approximate surface area is 128 Å². The van der Waals surface area contributed by atoms with Gasteiger partial charge in [0, 0.05) is 7.05 Å². The highest BCUT2D eigenvalue weighted by Gasteiger charge is 2.36. The van der Waals surface area contributed by atoms with Gasteiger partial charge in [-0.1, -0.05) is 6.42 Å². The average molecular weight is 329 g/mol. The van der Waals surface area contributed by atoms with Crippen LogP contribution in [-0.4, -0.2) is 48.4 Å². The molecule has 1 unspecified atom stereocenters. The molecule has 2 heterocycles. The van der Waals surface area contributed by atoms with Crippen LogP contribution in [0.1, 0.15) is 41.1 Å². The summed E-state index contributed by atoms with van der Waals surface area (Å²) in [7, 11) is -1.90. The van der Waals surface area contributed by atoms with Crippen LogP contribution in [0.2, 0.25) is 0 Å². The fourth-order valence-electron chi connectivity index (χ4n) is 2.62. The van der Waals surface area contributed by atoms with Crippen molar-refractivity contribution in [2.45, 2.75) is 38.0 Å². The number of sulfone groups is 1. The number of hydrogen-bond donors (Lipinski definition) is 1. The van der Waals surface area contributed by atoms with Gasteiger partial charge in [-0.2, -0.15) is 0 Å². The molecule has 0 aliphatic carbocycles. The number of carbonyl (C=O) groups excluding carboxylic acids is 1. The maximum absolute atomic E-state index is 12.3. The van der Waals surface area contributed by atoms with Gasteiger partial charge in [-0.25, -0.2) is 13.2 Å². The fraction of sp³-hybridized carbons (Fsp3) is 0.571. The maximum Gasteiger partial charge on any atom is 0.339 e. The third-order valence-electron chi connectivity index (χ3n) is 3.82. The summed E-state index contributed by atoms with van der Waals surface area (Å²) < 4.78 is 29.3. The Bertz CT molecular complexity index is 690. The lowest BCUT2D eigenvalue weighted by Gasteiger charge is -2.25. The molecule has 2 rings (SSSR count). The molecular formula is C14H19NO6S. The van der Waals surface area contributed by atoms with E-state index in [4.69, 9.17) is 9.52 Å². The van der Waals surface area contributed by atoms with Gasteiger partial charge in [-0.15, -0.1) is 0 Å². The second-order valence-electron chi connectivity index (χ2n) is 5.53. The molecule has 1 amide bonds. The summed E-state index contributed by atoms with van der Waals surface area (Å²) in [5, 5.41) is 7.98. The van der Waals surface area contributed by atoms with Gasteiger partial charge in [0.15, 0.2) is 9.84 Å². The Morgan fingerprint density at radius 3 is 2.64 bits per heavy atom. The maximum atomic E-state index is 12.3. The zero-order chi connectivity index (χ0) is 16.5. The Morgan fingerprint density at radius 2 is 2.09 bits per heavy atom. The lowest BCUT2D eigenvalue weighted by atomic mass is 10.1. The van der Waals surface area contributed by atoms with Crippen LogP contribution < -0.4 is 0 Å². The summed E-state index contributed by atoms with van der Waals surface area (Å²) in [5.74, 6) is -0.949. The standard InChI is InChI=1S/C14H19NO6S/c1-9-11(14(17)18)7-10(21-9)8-15(2)13(16)12-5-3-4-6-22(12,19)20/h7,12H,3-6,8H2,1-2H3,(H,17,18). The minimum Gasteiger partial charge on any atom is -0.478 e. The number of amides is 1. The third-order valence-corrected chi connectivity index (χ3v) is 5.98. The number of nitrogens with zero attached hydrogens (tertiary/aromatic N) is 1. The molecule has 1 aromatic heterocycles. The fourth-order valence-corrected chi connectivity index (χ4v) is 4.53. The minimum absolute atomic E-state index is 0.0406. The van der Waals surface area contributed by atoms with E-state index in [1.807, 2.05) is 0 Å². The summed E-state index contributed by atoms with van der Waals surface area (Å²) in [6, 6.07) is 1.36. The number of carboxylic acid groups (broad SMARTS) is 1. The van der Waals surface area contributed by atoms with E-state index in [-0.39, 0.29) is 23.6 Å². The van der Waals surface area contributed by atoms with Gasteiger partial charge in [0.25, 0.3) is 0 Å². The molecular weight excluding hydrogens is 310 g/mol. The quantitative estimate of drug-likeness (QED) is 0.890. The molecule has 0 spiro atoms. The topological polar surface area (TPSA) is 105 Å². The third kappa shape index (κ3) is 3.32. The highest BCUT2D eigenvalue weighted by Crippen LogP contribution is 2.22. The van der Waals surface area contributed by atoms with Crippen LogP contribution in [0.25, 0.3) is 0 Å². The lowest BCUT2D eigenvalue weighted by molar-refractivity contribution is -0.130. The average Bonchev–Trinajstić information content (AvgIpc) is 2.78. The largest absolute Gasteiger partial charge is 0.478 e. The summed E-state index contributed by atoms with van der Waals surface area (Å²) in [5.41, 5.74) is 0.0427. The summed E-state index contributed by atoms with van der Waals surface area (Å²) in [6.45, 7) is 1.57. The van der Waals surface area contributed by atoms with Crippen molar-refractivity contribution < 1.29 is 27.5 Å². The molecule has 1 saturated heterocycles. The second-order valence-corrected chi connectivity index (χ2v) is 7.84. The molecule has 0 bridgehead atoms. The van der Waals surface area contributed by atoms with Crippen LogP contribution in [0, 0.1) is 6.92 Å². The van der Waals surface area contributed by atoms with Crippen LogP contribution >= 0.6 is 0 Å². The van der Waals surface area contributed by atoms with E-state index in [0.717, 1.165) is 0 Å². The number of aryl methyl sites for hydroxylation is 1. The molecule has 0 radical (unpaired) electrons. The van der Waals surface area contributed by atoms with E-state index in [9.17, 15) is 18.0 Å². The summed E-state index contributed by atoms with van der Waals surface area (Å²) in [4.78, 5) is 24.6. The normalized spacial score (nSPS) is 20.5. The van der Waals surface area contributed by atoms with E-state index < -0.39 is 27.0 Å². The van der Waals surface area contributed by atoms with Crippen molar-refractivity contribution in [3.05, 3.63) is 23.2 Å². The van der Waals surface area contributed by atoms with Crippen molar-refractivity contribution in [2.75, 3.05) is 12.8 Å². The van der Waals surface area contributed by atoms with Gasteiger partial charge >= 0.3 is 5.97 Å². The van der Waals surface area contributed by atoms with Crippen LogP contribution in [0.4, 0.5) is 0 Å². The van der Waals surface area contributed by atoms with E-state index in [1.54, 1.807) is 0 Å².